The van der Waals surface area contributed by atoms with Crippen LogP contribution in [0, 0.1) is 0 Å². The van der Waals surface area contributed by atoms with Gasteiger partial charge in [0.15, 0.2) is 0 Å². The zero-order valence-electron chi connectivity index (χ0n) is 12.4. The molecule has 2 unspecified atom stereocenters. The predicted molar refractivity (Wildman–Crippen MR) is 82.3 cm³/mol. The number of nitrogens with one attached hydrogen (secondary N) is 1. The van der Waals surface area contributed by atoms with Crippen molar-refractivity contribution >= 4 is 16.8 Å². The summed E-state index contributed by atoms with van der Waals surface area (Å²) in [6.45, 7) is 1.19. The smallest absolute Gasteiger partial charge is 0.254 e. The standard InChI is InChI=1S/C16H21N3O2/c1-18(2)9-13-8-14(20)10-19(13)16(21)12-4-3-11-5-6-17-15(11)7-12/h3-7,13-14,17,20H,8-10H2,1-2H3. The number of fused-ring (bicyclic) bond motifs is 1. The Morgan fingerprint density at radius 1 is 1.43 bits per heavy atom. The molecular weight excluding hydrogens is 266 g/mol. The molecule has 0 bridgehead atoms. The van der Waals surface area contributed by atoms with Gasteiger partial charge in [-0.15, -0.1) is 0 Å². The fourth-order valence-corrected chi connectivity index (χ4v) is 3.08. The third-order valence-electron chi connectivity index (χ3n) is 4.03. The van der Waals surface area contributed by atoms with Crippen LogP contribution in [-0.2, 0) is 0 Å². The molecule has 1 aromatic carbocycles. The van der Waals surface area contributed by atoms with Crippen LogP contribution in [0.2, 0.25) is 0 Å². The van der Waals surface area contributed by atoms with Crippen molar-refractivity contribution in [3.05, 3.63) is 36.0 Å². The van der Waals surface area contributed by atoms with Crippen molar-refractivity contribution in [2.24, 2.45) is 0 Å². The summed E-state index contributed by atoms with van der Waals surface area (Å²) in [5, 5.41) is 11.0. The lowest BCUT2D eigenvalue weighted by Gasteiger charge is -2.26. The Morgan fingerprint density at radius 3 is 3.00 bits per heavy atom. The van der Waals surface area contributed by atoms with Crippen molar-refractivity contribution in [1.29, 1.82) is 0 Å². The number of nitrogens with zero attached hydrogens (tertiary/aromatic N) is 2. The third kappa shape index (κ3) is 2.80. The summed E-state index contributed by atoms with van der Waals surface area (Å²) < 4.78 is 0. The van der Waals surface area contributed by atoms with Gasteiger partial charge < -0.3 is 19.9 Å². The number of rotatable bonds is 3. The van der Waals surface area contributed by atoms with E-state index in [1.165, 1.54) is 0 Å². The van der Waals surface area contributed by atoms with Gasteiger partial charge in [-0.2, -0.15) is 0 Å². The van der Waals surface area contributed by atoms with E-state index in [4.69, 9.17) is 0 Å². The van der Waals surface area contributed by atoms with E-state index in [1.54, 1.807) is 4.90 Å². The van der Waals surface area contributed by atoms with Gasteiger partial charge >= 0.3 is 0 Å². The minimum absolute atomic E-state index is 0.00472. The summed E-state index contributed by atoms with van der Waals surface area (Å²) in [5.74, 6) is -0.00472. The van der Waals surface area contributed by atoms with E-state index in [1.807, 2.05) is 44.6 Å². The molecule has 0 saturated carbocycles. The molecule has 1 saturated heterocycles. The SMILES string of the molecule is CN(C)CC1CC(O)CN1C(=O)c1ccc2cc[nH]c2c1. The Morgan fingerprint density at radius 2 is 2.24 bits per heavy atom. The van der Waals surface area contributed by atoms with Gasteiger partial charge in [0.05, 0.1) is 6.10 Å². The average molecular weight is 287 g/mol. The fraction of sp³-hybridized carbons (Fsp3) is 0.438. The van der Waals surface area contributed by atoms with Crippen LogP contribution in [0.25, 0.3) is 10.9 Å². The highest BCUT2D eigenvalue weighted by atomic mass is 16.3. The molecule has 0 aliphatic carbocycles. The Hall–Kier alpha value is -1.85. The minimum Gasteiger partial charge on any atom is -0.391 e. The zero-order valence-corrected chi connectivity index (χ0v) is 12.4. The maximum absolute atomic E-state index is 12.7. The van der Waals surface area contributed by atoms with Gasteiger partial charge in [-0.25, -0.2) is 0 Å². The van der Waals surface area contributed by atoms with E-state index in [2.05, 4.69) is 9.88 Å². The molecule has 2 N–H and O–H groups in total. The molecule has 1 aliphatic heterocycles. The van der Waals surface area contributed by atoms with Crippen LogP contribution in [0.3, 0.4) is 0 Å². The topological polar surface area (TPSA) is 59.6 Å². The maximum Gasteiger partial charge on any atom is 0.254 e. The minimum atomic E-state index is -0.423. The summed E-state index contributed by atoms with van der Waals surface area (Å²) in [5.41, 5.74) is 1.63. The highest BCUT2D eigenvalue weighted by Crippen LogP contribution is 2.23. The van der Waals surface area contributed by atoms with Gasteiger partial charge in [0.1, 0.15) is 0 Å². The summed E-state index contributed by atoms with van der Waals surface area (Å²) in [6.07, 6.45) is 2.09. The number of aliphatic hydroxyl groups excluding tert-OH is 1. The van der Waals surface area contributed by atoms with E-state index in [0.29, 0.717) is 18.5 Å². The van der Waals surface area contributed by atoms with E-state index in [9.17, 15) is 9.90 Å². The van der Waals surface area contributed by atoms with Crippen LogP contribution < -0.4 is 0 Å². The number of benzene rings is 1. The first-order valence-electron chi connectivity index (χ1n) is 7.25. The number of β-amino-alcohol motifs (C(OH)–C–C–N with tert-alkyl or cyclic N) is 1. The molecule has 0 spiro atoms. The van der Waals surface area contributed by atoms with Crippen molar-refractivity contribution in [3.63, 3.8) is 0 Å². The second kappa shape index (κ2) is 5.50. The number of aromatic amines is 1. The van der Waals surface area contributed by atoms with E-state index in [-0.39, 0.29) is 11.9 Å². The molecule has 3 rings (SSSR count). The molecule has 2 atom stereocenters. The fourth-order valence-electron chi connectivity index (χ4n) is 3.08. The Balaban J connectivity index is 1.85. The lowest BCUT2D eigenvalue weighted by molar-refractivity contribution is 0.0699. The van der Waals surface area contributed by atoms with Crippen molar-refractivity contribution in [2.75, 3.05) is 27.2 Å². The molecule has 0 radical (unpaired) electrons. The van der Waals surface area contributed by atoms with E-state index in [0.717, 1.165) is 17.4 Å². The molecule has 2 aromatic rings. The number of carbonyl (C=O) groups is 1. The Kier molecular flexibility index (Phi) is 3.69. The molecule has 1 fully saturated rings. The lowest BCUT2D eigenvalue weighted by atomic mass is 10.1. The van der Waals surface area contributed by atoms with Gasteiger partial charge in [0.2, 0.25) is 0 Å². The van der Waals surface area contributed by atoms with Gasteiger partial charge in [0, 0.05) is 36.4 Å². The van der Waals surface area contributed by atoms with Crippen LogP contribution >= 0.6 is 0 Å². The van der Waals surface area contributed by atoms with E-state index < -0.39 is 6.10 Å². The van der Waals surface area contributed by atoms with Crippen LogP contribution in [-0.4, -0.2) is 65.1 Å². The first-order valence-corrected chi connectivity index (χ1v) is 7.25. The molecule has 1 aromatic heterocycles. The van der Waals surface area contributed by atoms with Crippen molar-refractivity contribution in [1.82, 2.24) is 14.8 Å². The summed E-state index contributed by atoms with van der Waals surface area (Å²) in [4.78, 5) is 19.7. The normalized spacial score (nSPS) is 22.4. The summed E-state index contributed by atoms with van der Waals surface area (Å²) in [6, 6.07) is 7.75. The largest absolute Gasteiger partial charge is 0.391 e. The van der Waals surface area contributed by atoms with E-state index >= 15 is 0 Å². The van der Waals surface area contributed by atoms with Crippen LogP contribution in [0.5, 0.6) is 0 Å². The summed E-state index contributed by atoms with van der Waals surface area (Å²) in [7, 11) is 3.97. The molecule has 1 amide bonds. The quantitative estimate of drug-likeness (QED) is 0.894. The van der Waals surface area contributed by atoms with Crippen molar-refractivity contribution in [2.45, 2.75) is 18.6 Å². The molecular formula is C16H21N3O2. The first kappa shape index (κ1) is 14.1. The number of likely N-dealkylation sites (tertiary alicyclic amines) is 1. The van der Waals surface area contributed by atoms with Gasteiger partial charge in [-0.1, -0.05) is 6.07 Å². The molecule has 2 heterocycles. The number of likely N-dealkylation sites (N-methyl/N-ethyl adjacent to an activating group) is 1. The van der Waals surface area contributed by atoms with Crippen LogP contribution in [0.15, 0.2) is 30.5 Å². The molecule has 1 aliphatic rings. The monoisotopic (exact) mass is 287 g/mol. The molecule has 21 heavy (non-hydrogen) atoms. The van der Waals surface area contributed by atoms with Gasteiger partial charge in [-0.05, 0) is 44.1 Å². The second-order valence-corrected chi connectivity index (χ2v) is 6.04. The predicted octanol–water partition coefficient (Wildman–Crippen LogP) is 1.30. The number of H-pyrrole nitrogens is 1. The number of carbonyl (C=O) groups excluding carboxylic acids is 1. The average Bonchev–Trinajstić information content (AvgIpc) is 3.02. The maximum atomic E-state index is 12.7. The van der Waals surface area contributed by atoms with Gasteiger partial charge in [-0.3, -0.25) is 4.79 Å². The van der Waals surface area contributed by atoms with Crippen molar-refractivity contribution < 1.29 is 9.90 Å². The highest BCUT2D eigenvalue weighted by molar-refractivity contribution is 5.98. The number of hydrogen-bond donors (Lipinski definition) is 2. The second-order valence-electron chi connectivity index (χ2n) is 6.04. The van der Waals surface area contributed by atoms with Crippen LogP contribution in [0.4, 0.5) is 0 Å². The molecule has 5 nitrogen and oxygen atoms in total. The highest BCUT2D eigenvalue weighted by Gasteiger charge is 2.34. The van der Waals surface area contributed by atoms with Gasteiger partial charge in [0.25, 0.3) is 5.91 Å². The molecule has 112 valence electrons. The Bertz CT molecular complexity index is 650. The third-order valence-corrected chi connectivity index (χ3v) is 4.03. The first-order chi connectivity index (χ1) is 10.0. The molecule has 5 heteroatoms. The number of amides is 1. The van der Waals surface area contributed by atoms with Crippen molar-refractivity contribution in [3.8, 4) is 0 Å². The number of aliphatic hydroxyl groups is 1. The Labute approximate surface area is 124 Å². The number of hydrogen-bond acceptors (Lipinski definition) is 3. The summed E-state index contributed by atoms with van der Waals surface area (Å²) >= 11 is 0. The van der Waals surface area contributed by atoms with Crippen LogP contribution in [0.1, 0.15) is 16.8 Å². The lowest BCUT2D eigenvalue weighted by Crippen LogP contribution is -2.41. The number of aromatic nitrogens is 1. The zero-order chi connectivity index (χ0) is 15.0.